The van der Waals surface area contributed by atoms with E-state index < -0.39 is 22.9 Å². The fraction of sp³-hybridized carbons (Fsp3) is 0.167. The van der Waals surface area contributed by atoms with E-state index in [1.807, 2.05) is 32.0 Å². The molecule has 0 aliphatic carbocycles. The summed E-state index contributed by atoms with van der Waals surface area (Å²) in [6.45, 7) is 3.78. The molecule has 1 amide bonds. The molecule has 0 radical (unpaired) electrons. The first-order valence-electron chi connectivity index (χ1n) is 9.70. The Balaban J connectivity index is 1.83. The van der Waals surface area contributed by atoms with Crippen molar-refractivity contribution in [2.24, 2.45) is 0 Å². The van der Waals surface area contributed by atoms with Gasteiger partial charge in [0, 0.05) is 22.9 Å². The standard InChI is InChI=1S/C24H22N2O5/c1-16-12-13-17(2)20(14-16)25-24(28)23(18-8-4-3-5-9-18)31-22(27)15-19-10-6-7-11-21(19)26(29)30/h3-14,23H,15H2,1-2H3,(H,25,28)/t23-/m0/s1. The van der Waals surface area contributed by atoms with Crippen LogP contribution in [0.15, 0.2) is 72.8 Å². The molecule has 0 aliphatic rings. The lowest BCUT2D eigenvalue weighted by Gasteiger charge is -2.19. The van der Waals surface area contributed by atoms with Crippen molar-refractivity contribution in [3.8, 4) is 0 Å². The molecule has 0 spiro atoms. The lowest BCUT2D eigenvalue weighted by molar-refractivity contribution is -0.385. The maximum Gasteiger partial charge on any atom is 0.311 e. The molecule has 1 atom stereocenters. The van der Waals surface area contributed by atoms with Crippen LogP contribution in [0, 0.1) is 24.0 Å². The van der Waals surface area contributed by atoms with Crippen LogP contribution in [0.4, 0.5) is 11.4 Å². The SMILES string of the molecule is Cc1ccc(C)c(NC(=O)[C@@H](OC(=O)Cc2ccccc2[N+](=O)[O-])c2ccccc2)c1. The molecule has 0 saturated heterocycles. The van der Waals surface area contributed by atoms with E-state index in [4.69, 9.17) is 4.74 Å². The molecule has 0 bridgehead atoms. The predicted octanol–water partition coefficient (Wildman–Crippen LogP) is 4.68. The number of hydrogen-bond donors (Lipinski definition) is 1. The fourth-order valence-electron chi connectivity index (χ4n) is 3.14. The summed E-state index contributed by atoms with van der Waals surface area (Å²) in [5.74, 6) is -1.24. The lowest BCUT2D eigenvalue weighted by atomic mass is 10.1. The molecule has 0 unspecified atom stereocenters. The molecule has 3 aromatic rings. The van der Waals surface area contributed by atoms with Crippen molar-refractivity contribution in [3.05, 3.63) is 105 Å². The molecule has 0 saturated carbocycles. The summed E-state index contributed by atoms with van der Waals surface area (Å²) < 4.78 is 5.51. The molecule has 0 aromatic heterocycles. The van der Waals surface area contributed by atoms with E-state index in [1.54, 1.807) is 36.4 Å². The second kappa shape index (κ2) is 9.67. The third kappa shape index (κ3) is 5.54. The quantitative estimate of drug-likeness (QED) is 0.341. The number of nitrogens with one attached hydrogen (secondary N) is 1. The third-order valence-electron chi connectivity index (χ3n) is 4.76. The van der Waals surface area contributed by atoms with E-state index in [9.17, 15) is 19.7 Å². The van der Waals surface area contributed by atoms with Crippen LogP contribution in [0.25, 0.3) is 0 Å². The van der Waals surface area contributed by atoms with Crippen molar-refractivity contribution in [1.82, 2.24) is 0 Å². The van der Waals surface area contributed by atoms with Crippen LogP contribution in [-0.4, -0.2) is 16.8 Å². The Morgan fingerprint density at radius 3 is 2.39 bits per heavy atom. The van der Waals surface area contributed by atoms with Crippen LogP contribution in [0.2, 0.25) is 0 Å². The Labute approximate surface area is 179 Å². The topological polar surface area (TPSA) is 98.5 Å². The number of carbonyl (C=O) groups excluding carboxylic acids is 2. The van der Waals surface area contributed by atoms with Gasteiger partial charge in [0.2, 0.25) is 6.10 Å². The van der Waals surface area contributed by atoms with Gasteiger partial charge in [0.05, 0.1) is 11.3 Å². The average molecular weight is 418 g/mol. The highest BCUT2D eigenvalue weighted by Gasteiger charge is 2.27. The van der Waals surface area contributed by atoms with Gasteiger partial charge in [-0.2, -0.15) is 0 Å². The molecule has 0 heterocycles. The van der Waals surface area contributed by atoms with Crippen LogP contribution in [0.1, 0.15) is 28.4 Å². The van der Waals surface area contributed by atoms with Gasteiger partial charge in [0.15, 0.2) is 0 Å². The molecule has 158 valence electrons. The van der Waals surface area contributed by atoms with Gasteiger partial charge in [0.25, 0.3) is 11.6 Å². The van der Waals surface area contributed by atoms with Crippen molar-refractivity contribution in [2.75, 3.05) is 5.32 Å². The van der Waals surface area contributed by atoms with Crippen LogP contribution in [0.5, 0.6) is 0 Å². The van der Waals surface area contributed by atoms with Crippen LogP contribution in [-0.2, 0) is 20.7 Å². The maximum atomic E-state index is 13.0. The van der Waals surface area contributed by atoms with Gasteiger partial charge in [-0.3, -0.25) is 19.7 Å². The monoisotopic (exact) mass is 418 g/mol. The van der Waals surface area contributed by atoms with E-state index in [1.165, 1.54) is 18.2 Å². The highest BCUT2D eigenvalue weighted by molar-refractivity contribution is 5.96. The number of ether oxygens (including phenoxy) is 1. The number of amides is 1. The Kier molecular flexibility index (Phi) is 6.77. The van der Waals surface area contributed by atoms with Crippen LogP contribution in [0.3, 0.4) is 0 Å². The summed E-state index contributed by atoms with van der Waals surface area (Å²) in [7, 11) is 0. The average Bonchev–Trinajstić information content (AvgIpc) is 2.75. The smallest absolute Gasteiger partial charge is 0.311 e. The molecule has 31 heavy (non-hydrogen) atoms. The summed E-state index contributed by atoms with van der Waals surface area (Å²) >= 11 is 0. The van der Waals surface area contributed by atoms with Gasteiger partial charge in [-0.1, -0.05) is 60.7 Å². The number of benzene rings is 3. The zero-order valence-corrected chi connectivity index (χ0v) is 17.2. The number of aryl methyl sites for hydroxylation is 2. The van der Waals surface area contributed by atoms with Crippen molar-refractivity contribution < 1.29 is 19.2 Å². The van der Waals surface area contributed by atoms with Gasteiger partial charge in [-0.25, -0.2) is 0 Å². The van der Waals surface area contributed by atoms with E-state index >= 15 is 0 Å². The van der Waals surface area contributed by atoms with Gasteiger partial charge >= 0.3 is 5.97 Å². The van der Waals surface area contributed by atoms with Crippen molar-refractivity contribution in [2.45, 2.75) is 26.4 Å². The number of carbonyl (C=O) groups is 2. The molecular formula is C24H22N2O5. The molecule has 0 fully saturated rings. The second-order valence-corrected chi connectivity index (χ2v) is 7.15. The van der Waals surface area contributed by atoms with Gasteiger partial charge < -0.3 is 10.1 Å². The zero-order chi connectivity index (χ0) is 22.4. The molecule has 0 aliphatic heterocycles. The fourth-order valence-corrected chi connectivity index (χ4v) is 3.14. The number of nitro benzene ring substituents is 1. The number of hydrogen-bond acceptors (Lipinski definition) is 5. The van der Waals surface area contributed by atoms with E-state index in [0.717, 1.165) is 11.1 Å². The minimum Gasteiger partial charge on any atom is -0.447 e. The normalized spacial score (nSPS) is 11.4. The molecule has 7 heteroatoms. The number of para-hydroxylation sites is 1. The molecule has 3 rings (SSSR count). The minimum absolute atomic E-state index is 0.171. The first-order chi connectivity index (χ1) is 14.8. The van der Waals surface area contributed by atoms with Gasteiger partial charge in [-0.05, 0) is 31.0 Å². The Bertz CT molecular complexity index is 1110. The van der Waals surface area contributed by atoms with E-state index in [0.29, 0.717) is 11.3 Å². The van der Waals surface area contributed by atoms with Crippen molar-refractivity contribution in [1.29, 1.82) is 0 Å². The summed E-state index contributed by atoms with van der Waals surface area (Å²) in [6, 6.07) is 20.3. The number of nitrogens with zero attached hydrogens (tertiary/aromatic N) is 1. The molecule has 7 nitrogen and oxygen atoms in total. The van der Waals surface area contributed by atoms with E-state index in [-0.39, 0.29) is 17.7 Å². The van der Waals surface area contributed by atoms with Crippen LogP contribution >= 0.6 is 0 Å². The summed E-state index contributed by atoms with van der Waals surface area (Å²) in [4.78, 5) is 36.3. The number of esters is 1. The van der Waals surface area contributed by atoms with Gasteiger partial charge in [0.1, 0.15) is 0 Å². The number of nitro groups is 1. The highest BCUT2D eigenvalue weighted by atomic mass is 16.6. The third-order valence-corrected chi connectivity index (χ3v) is 4.76. The molecule has 3 aromatic carbocycles. The van der Waals surface area contributed by atoms with Crippen molar-refractivity contribution >= 4 is 23.3 Å². The predicted molar refractivity (Wildman–Crippen MR) is 117 cm³/mol. The summed E-state index contributed by atoms with van der Waals surface area (Å²) in [6.07, 6.45) is -1.52. The first kappa shape index (κ1) is 21.7. The minimum atomic E-state index is -1.20. The molecular weight excluding hydrogens is 396 g/mol. The van der Waals surface area contributed by atoms with Gasteiger partial charge in [-0.15, -0.1) is 0 Å². The number of anilines is 1. The Morgan fingerprint density at radius 2 is 1.68 bits per heavy atom. The van der Waals surface area contributed by atoms with E-state index in [2.05, 4.69) is 5.32 Å². The summed E-state index contributed by atoms with van der Waals surface area (Å²) in [5, 5.41) is 14.0. The van der Waals surface area contributed by atoms with Crippen LogP contribution < -0.4 is 5.32 Å². The number of rotatable bonds is 7. The Morgan fingerprint density at radius 1 is 1.00 bits per heavy atom. The first-order valence-corrected chi connectivity index (χ1v) is 9.70. The largest absolute Gasteiger partial charge is 0.447 e. The van der Waals surface area contributed by atoms with Crippen molar-refractivity contribution in [3.63, 3.8) is 0 Å². The second-order valence-electron chi connectivity index (χ2n) is 7.15. The molecule has 1 N–H and O–H groups in total. The highest BCUT2D eigenvalue weighted by Crippen LogP contribution is 2.24. The Hall–Kier alpha value is -4.00. The summed E-state index contributed by atoms with van der Waals surface area (Å²) in [5.41, 5.74) is 3.03. The lowest BCUT2D eigenvalue weighted by Crippen LogP contribution is -2.27. The maximum absolute atomic E-state index is 13.0. The zero-order valence-electron chi connectivity index (χ0n) is 17.2.